The highest BCUT2D eigenvalue weighted by molar-refractivity contribution is 5.78. The second-order valence-electron chi connectivity index (χ2n) is 6.38. The normalized spacial score (nSPS) is 26.7. The molecule has 120 valence electrons. The van der Waals surface area contributed by atoms with E-state index in [-0.39, 0.29) is 11.7 Å². The monoisotopic (exact) mass is 297 g/mol. The molecule has 3 aliphatic rings. The van der Waals surface area contributed by atoms with Crippen molar-refractivity contribution in [3.05, 3.63) is 0 Å². The molecule has 2 saturated heterocycles. The lowest BCUT2D eigenvalue weighted by Crippen LogP contribution is -2.51. The van der Waals surface area contributed by atoms with Crippen LogP contribution < -0.4 is 5.32 Å². The first kappa shape index (κ1) is 15.2. The Balaban J connectivity index is 1.45. The number of rotatable bonds is 3. The lowest BCUT2D eigenvalue weighted by atomic mass is 9.89. The van der Waals surface area contributed by atoms with Gasteiger partial charge in [-0.25, -0.2) is 0 Å². The Morgan fingerprint density at radius 3 is 2.48 bits per heavy atom. The molecule has 6 nitrogen and oxygen atoms in total. The van der Waals surface area contributed by atoms with Gasteiger partial charge < -0.3 is 19.7 Å². The fraction of sp³-hybridized carbons (Fsp3) is 0.933. The average molecular weight is 297 g/mol. The van der Waals surface area contributed by atoms with Gasteiger partial charge in [0.05, 0.1) is 19.8 Å². The summed E-state index contributed by atoms with van der Waals surface area (Å²) in [4.78, 5) is 16.5. The Kier molecular flexibility index (Phi) is 4.78. The SMILES string of the molecule is CN(CC(=O)N1CCNCC1)C1CCC2(CC1)OCCO2. The fourth-order valence-electron chi connectivity index (χ4n) is 3.63. The summed E-state index contributed by atoms with van der Waals surface area (Å²) in [5, 5.41) is 3.28. The Bertz CT molecular complexity index is 355. The third-order valence-electron chi connectivity index (χ3n) is 5.01. The zero-order valence-corrected chi connectivity index (χ0v) is 13.0. The Hall–Kier alpha value is -0.690. The van der Waals surface area contributed by atoms with Crippen LogP contribution in [0, 0.1) is 0 Å². The van der Waals surface area contributed by atoms with E-state index in [2.05, 4.69) is 17.3 Å². The molecule has 0 aromatic carbocycles. The number of piperazine rings is 1. The second-order valence-corrected chi connectivity index (χ2v) is 6.38. The van der Waals surface area contributed by atoms with E-state index in [9.17, 15) is 4.79 Å². The number of carbonyl (C=O) groups is 1. The summed E-state index contributed by atoms with van der Waals surface area (Å²) in [6.45, 7) is 5.47. The topological polar surface area (TPSA) is 54.0 Å². The highest BCUT2D eigenvalue weighted by Crippen LogP contribution is 2.36. The lowest BCUT2D eigenvalue weighted by Gasteiger charge is -2.39. The van der Waals surface area contributed by atoms with Crippen molar-refractivity contribution in [1.29, 1.82) is 0 Å². The van der Waals surface area contributed by atoms with Crippen LogP contribution in [0.3, 0.4) is 0 Å². The van der Waals surface area contributed by atoms with Crippen LogP contribution in [0.5, 0.6) is 0 Å². The number of amides is 1. The molecule has 1 aliphatic carbocycles. The summed E-state index contributed by atoms with van der Waals surface area (Å²) in [7, 11) is 2.07. The Morgan fingerprint density at radius 1 is 1.24 bits per heavy atom. The first-order chi connectivity index (χ1) is 10.2. The van der Waals surface area contributed by atoms with E-state index in [0.29, 0.717) is 12.6 Å². The maximum atomic E-state index is 12.3. The van der Waals surface area contributed by atoms with Gasteiger partial charge in [-0.2, -0.15) is 0 Å². The molecule has 1 amide bonds. The number of likely N-dealkylation sites (N-methyl/N-ethyl adjacent to an activating group) is 1. The molecule has 2 aliphatic heterocycles. The first-order valence-corrected chi connectivity index (χ1v) is 8.15. The van der Waals surface area contributed by atoms with E-state index in [4.69, 9.17) is 9.47 Å². The van der Waals surface area contributed by atoms with Crippen LogP contribution in [0.1, 0.15) is 25.7 Å². The van der Waals surface area contributed by atoms with Crippen LogP contribution in [0.15, 0.2) is 0 Å². The molecular formula is C15H27N3O3. The molecule has 3 fully saturated rings. The summed E-state index contributed by atoms with van der Waals surface area (Å²) in [5.74, 6) is -0.0486. The summed E-state index contributed by atoms with van der Waals surface area (Å²) in [6, 6.07) is 0.468. The molecule has 0 atom stereocenters. The first-order valence-electron chi connectivity index (χ1n) is 8.15. The molecule has 2 heterocycles. The van der Waals surface area contributed by atoms with Gasteiger partial charge in [-0.05, 0) is 19.9 Å². The minimum absolute atomic E-state index is 0.257. The number of nitrogens with one attached hydrogen (secondary N) is 1. The third-order valence-corrected chi connectivity index (χ3v) is 5.01. The van der Waals surface area contributed by atoms with Gasteiger partial charge >= 0.3 is 0 Å². The maximum Gasteiger partial charge on any atom is 0.236 e. The van der Waals surface area contributed by atoms with Gasteiger partial charge in [-0.1, -0.05) is 0 Å². The van der Waals surface area contributed by atoms with Gasteiger partial charge in [0.15, 0.2) is 5.79 Å². The predicted octanol–water partition coefficient (Wildman–Crippen LogP) is 0.0357. The van der Waals surface area contributed by atoms with Crippen molar-refractivity contribution in [3.8, 4) is 0 Å². The van der Waals surface area contributed by atoms with Crippen molar-refractivity contribution in [2.75, 3.05) is 53.0 Å². The van der Waals surface area contributed by atoms with E-state index < -0.39 is 0 Å². The van der Waals surface area contributed by atoms with E-state index >= 15 is 0 Å². The van der Waals surface area contributed by atoms with Crippen molar-refractivity contribution in [1.82, 2.24) is 15.1 Å². The second kappa shape index (κ2) is 6.60. The summed E-state index contributed by atoms with van der Waals surface area (Å²) in [6.07, 6.45) is 3.99. The van der Waals surface area contributed by atoms with Crippen molar-refractivity contribution in [2.24, 2.45) is 0 Å². The number of carbonyl (C=O) groups excluding carboxylic acids is 1. The van der Waals surface area contributed by atoms with Crippen LogP contribution in [0.2, 0.25) is 0 Å². The van der Waals surface area contributed by atoms with E-state index in [0.717, 1.165) is 65.1 Å². The predicted molar refractivity (Wildman–Crippen MR) is 79.0 cm³/mol. The van der Waals surface area contributed by atoms with Crippen molar-refractivity contribution < 1.29 is 14.3 Å². The quantitative estimate of drug-likeness (QED) is 0.797. The molecular weight excluding hydrogens is 270 g/mol. The number of ether oxygens (including phenoxy) is 2. The van der Waals surface area contributed by atoms with Gasteiger partial charge in [0.2, 0.25) is 5.91 Å². The molecule has 3 rings (SSSR count). The summed E-state index contributed by atoms with van der Waals surface area (Å²) < 4.78 is 11.5. The molecule has 0 unspecified atom stereocenters. The van der Waals surface area contributed by atoms with Gasteiger partial charge in [0.1, 0.15) is 0 Å². The molecule has 0 bridgehead atoms. The lowest BCUT2D eigenvalue weighted by molar-refractivity contribution is -0.183. The highest BCUT2D eigenvalue weighted by atomic mass is 16.7. The molecule has 1 saturated carbocycles. The Labute approximate surface area is 126 Å². The maximum absolute atomic E-state index is 12.3. The third kappa shape index (κ3) is 3.56. The number of hydrogen-bond donors (Lipinski definition) is 1. The van der Waals surface area contributed by atoms with Crippen LogP contribution in [0.4, 0.5) is 0 Å². The molecule has 1 N–H and O–H groups in total. The fourth-order valence-corrected chi connectivity index (χ4v) is 3.63. The van der Waals surface area contributed by atoms with Gasteiger partial charge in [-0.3, -0.25) is 9.69 Å². The zero-order chi connectivity index (χ0) is 14.7. The molecule has 1 spiro atoms. The Morgan fingerprint density at radius 2 is 1.86 bits per heavy atom. The molecule has 0 radical (unpaired) electrons. The minimum Gasteiger partial charge on any atom is -0.348 e. The standard InChI is InChI=1S/C15H27N3O3/c1-17(12-14(19)18-8-6-16-7-9-18)13-2-4-15(5-3-13)20-10-11-21-15/h13,16H,2-12H2,1H3. The summed E-state index contributed by atoms with van der Waals surface area (Å²) in [5.41, 5.74) is 0. The molecule has 0 aromatic heterocycles. The van der Waals surface area contributed by atoms with Gasteiger partial charge in [0, 0.05) is 45.1 Å². The van der Waals surface area contributed by atoms with Crippen LogP contribution in [0.25, 0.3) is 0 Å². The van der Waals surface area contributed by atoms with E-state index in [1.807, 2.05) is 4.90 Å². The smallest absolute Gasteiger partial charge is 0.236 e. The van der Waals surface area contributed by atoms with Crippen molar-refractivity contribution in [2.45, 2.75) is 37.5 Å². The molecule has 6 heteroatoms. The van der Waals surface area contributed by atoms with Gasteiger partial charge in [0.25, 0.3) is 0 Å². The van der Waals surface area contributed by atoms with Crippen molar-refractivity contribution >= 4 is 5.91 Å². The zero-order valence-electron chi connectivity index (χ0n) is 13.0. The van der Waals surface area contributed by atoms with Gasteiger partial charge in [-0.15, -0.1) is 0 Å². The van der Waals surface area contributed by atoms with Crippen LogP contribution in [-0.4, -0.2) is 80.5 Å². The number of nitrogens with zero attached hydrogens (tertiary/aromatic N) is 2. The van der Waals surface area contributed by atoms with Crippen LogP contribution in [-0.2, 0) is 14.3 Å². The van der Waals surface area contributed by atoms with Crippen LogP contribution >= 0.6 is 0 Å². The molecule has 21 heavy (non-hydrogen) atoms. The average Bonchev–Trinajstić information content (AvgIpc) is 2.97. The largest absolute Gasteiger partial charge is 0.348 e. The summed E-state index contributed by atoms with van der Waals surface area (Å²) >= 11 is 0. The van der Waals surface area contributed by atoms with E-state index in [1.54, 1.807) is 0 Å². The van der Waals surface area contributed by atoms with Crippen molar-refractivity contribution in [3.63, 3.8) is 0 Å². The van der Waals surface area contributed by atoms with E-state index in [1.165, 1.54) is 0 Å². The highest BCUT2D eigenvalue weighted by Gasteiger charge is 2.41. The minimum atomic E-state index is -0.306. The number of hydrogen-bond acceptors (Lipinski definition) is 5. The molecule has 0 aromatic rings.